The van der Waals surface area contributed by atoms with Gasteiger partial charge in [0, 0.05) is 40.6 Å². The number of carbonyl (C=O) groups is 2. The maximum absolute atomic E-state index is 12.8. The van der Waals surface area contributed by atoms with Crippen molar-refractivity contribution in [2.45, 2.75) is 30.3 Å². The molecule has 2 N–H and O–H groups in total. The van der Waals surface area contributed by atoms with E-state index in [0.29, 0.717) is 72.4 Å². The lowest BCUT2D eigenvalue weighted by Crippen LogP contribution is -2.29. The second-order valence-corrected chi connectivity index (χ2v) is 12.0. The van der Waals surface area contributed by atoms with Gasteiger partial charge in [0.15, 0.2) is 22.3 Å². The molecule has 4 aromatic heterocycles. The minimum atomic E-state index is -1.08. The number of pyridine rings is 2. The molecule has 0 saturated heterocycles. The highest BCUT2D eigenvalue weighted by Gasteiger charge is 2.46. The molecule has 0 fully saturated rings. The Balaban J connectivity index is 1.22. The molecular formula is C27H14N6O6S2. The molecule has 0 saturated carbocycles. The van der Waals surface area contributed by atoms with Crippen molar-refractivity contribution in [3.05, 3.63) is 78.3 Å². The fourth-order valence-electron chi connectivity index (χ4n) is 6.45. The van der Waals surface area contributed by atoms with E-state index in [2.05, 4.69) is 19.9 Å². The zero-order chi connectivity index (χ0) is 27.9. The van der Waals surface area contributed by atoms with Crippen molar-refractivity contribution >= 4 is 78.1 Å². The number of carboxylic acid groups (broad SMARTS) is 2. The number of aromatic nitrogens is 4. The van der Waals surface area contributed by atoms with E-state index >= 15 is 0 Å². The molecular weight excluding hydrogens is 568 g/mol. The summed E-state index contributed by atoms with van der Waals surface area (Å²) >= 11 is 2.61. The number of aliphatic carboxylic acids is 2. The Morgan fingerprint density at radius 2 is 1.32 bits per heavy atom. The molecule has 0 amide bonds. The topological polar surface area (TPSA) is 167 Å². The summed E-state index contributed by atoms with van der Waals surface area (Å²) in [5, 5.41) is 25.3. The van der Waals surface area contributed by atoms with Crippen molar-refractivity contribution in [2.24, 2.45) is 0 Å². The average Bonchev–Trinajstić information content (AvgIpc) is 3.49. The van der Waals surface area contributed by atoms with Crippen molar-refractivity contribution in [1.29, 1.82) is 0 Å². The standard InChI is InChI=1S/C27H14N6O6S2/c34-22-14-16(22)28-4-10(18(14)32-20(24(36)37)12-6-40-26(32)30-12)8-2-1-3-9(8)11-5-29-17-15(23(17)35)19(11)33-21(25(38)39)13-7-41-27(33)31-13/h1-2,4-9,20-21H,3H2,(H,36,37)(H,38,39). The largest absolute Gasteiger partial charge is 0.479 e. The van der Waals surface area contributed by atoms with E-state index in [4.69, 9.17) is 0 Å². The maximum Gasteiger partial charge on any atom is 0.333 e. The first-order chi connectivity index (χ1) is 19.8. The number of allylic oxidation sites excluding steroid dienone is 2. The SMILES string of the molecule is O=C(O)C1c2csc(n2)N1c1c(C2C=CCC2c2cnc3c(=O)c3c2N2c3nc(cs3)C2C(=O)O)cnc2c(=O)c12. The highest BCUT2D eigenvalue weighted by Crippen LogP contribution is 2.56. The minimum absolute atomic E-state index is 0.224. The van der Waals surface area contributed by atoms with Crippen LogP contribution in [-0.2, 0) is 9.59 Å². The molecule has 200 valence electrons. The monoisotopic (exact) mass is 582 g/mol. The third kappa shape index (κ3) is 2.82. The fourth-order valence-corrected chi connectivity index (χ4v) is 8.20. The van der Waals surface area contributed by atoms with E-state index in [0.717, 1.165) is 0 Å². The lowest BCUT2D eigenvalue weighted by Gasteiger charge is -2.31. The Hall–Kier alpha value is -4.82. The van der Waals surface area contributed by atoms with Crippen LogP contribution in [0.5, 0.6) is 0 Å². The number of thiazole rings is 2. The number of nitrogens with zero attached hydrogens (tertiary/aromatic N) is 6. The summed E-state index contributed by atoms with van der Waals surface area (Å²) in [5.74, 6) is -2.82. The van der Waals surface area contributed by atoms with Crippen LogP contribution in [0.25, 0.3) is 21.8 Å². The molecule has 1 aliphatic carbocycles. The molecule has 41 heavy (non-hydrogen) atoms. The van der Waals surface area contributed by atoms with Crippen molar-refractivity contribution in [1.82, 2.24) is 19.9 Å². The van der Waals surface area contributed by atoms with Crippen LogP contribution < -0.4 is 20.7 Å². The van der Waals surface area contributed by atoms with Gasteiger partial charge in [0.2, 0.25) is 10.9 Å². The quantitative estimate of drug-likeness (QED) is 0.275. The number of carboxylic acids is 2. The summed E-state index contributed by atoms with van der Waals surface area (Å²) in [6.45, 7) is 0. The van der Waals surface area contributed by atoms with Gasteiger partial charge in [0.25, 0.3) is 0 Å². The molecule has 12 nitrogen and oxygen atoms in total. The van der Waals surface area contributed by atoms with E-state index in [1.54, 1.807) is 33.0 Å². The molecule has 3 aliphatic rings. The van der Waals surface area contributed by atoms with Gasteiger partial charge in [-0.2, -0.15) is 0 Å². The second-order valence-electron chi connectivity index (χ2n) is 10.4. The van der Waals surface area contributed by atoms with E-state index < -0.39 is 24.0 Å². The van der Waals surface area contributed by atoms with Crippen LogP contribution in [0.2, 0.25) is 0 Å². The van der Waals surface area contributed by atoms with E-state index in [1.165, 1.54) is 22.7 Å². The second kappa shape index (κ2) is 7.47. The van der Waals surface area contributed by atoms with Crippen LogP contribution in [0.3, 0.4) is 0 Å². The molecule has 4 atom stereocenters. The van der Waals surface area contributed by atoms with Gasteiger partial charge in [0.1, 0.15) is 11.0 Å². The molecule has 9 rings (SSSR count). The predicted octanol–water partition coefficient (Wildman–Crippen LogP) is 3.55. The number of hydrogen-bond acceptors (Lipinski definition) is 12. The zero-order valence-electron chi connectivity index (χ0n) is 20.5. The van der Waals surface area contributed by atoms with Crippen LogP contribution in [0.1, 0.15) is 52.9 Å². The minimum Gasteiger partial charge on any atom is -0.479 e. The zero-order valence-corrected chi connectivity index (χ0v) is 22.1. The summed E-state index contributed by atoms with van der Waals surface area (Å²) in [7, 11) is 0. The van der Waals surface area contributed by atoms with Crippen LogP contribution >= 0.6 is 22.7 Å². The molecule has 0 spiro atoms. The lowest BCUT2D eigenvalue weighted by atomic mass is 9.83. The van der Waals surface area contributed by atoms with Crippen molar-refractivity contribution in [3.8, 4) is 0 Å². The molecule has 2 aliphatic heterocycles. The fraction of sp³-hybridized carbons (Fsp3) is 0.185. The Morgan fingerprint density at radius 3 is 1.85 bits per heavy atom. The third-order valence-corrected chi connectivity index (χ3v) is 10.0. The first-order valence-electron chi connectivity index (χ1n) is 12.6. The highest BCUT2D eigenvalue weighted by molar-refractivity contribution is 7.14. The van der Waals surface area contributed by atoms with Gasteiger partial charge in [-0.25, -0.2) is 19.6 Å². The Labute approximate surface area is 235 Å². The van der Waals surface area contributed by atoms with Gasteiger partial charge in [-0.1, -0.05) is 12.2 Å². The maximum atomic E-state index is 12.8. The Kier molecular flexibility index (Phi) is 4.18. The molecule has 4 bridgehead atoms. The van der Waals surface area contributed by atoms with E-state index in [9.17, 15) is 29.4 Å². The first-order valence-corrected chi connectivity index (χ1v) is 14.4. The van der Waals surface area contributed by atoms with Gasteiger partial charge < -0.3 is 10.2 Å². The Morgan fingerprint density at radius 1 is 0.805 bits per heavy atom. The van der Waals surface area contributed by atoms with Crippen molar-refractivity contribution < 1.29 is 19.8 Å². The van der Waals surface area contributed by atoms with E-state index in [1.807, 2.05) is 12.2 Å². The van der Waals surface area contributed by atoms with Crippen LogP contribution in [-0.4, -0.2) is 42.1 Å². The number of fused-ring (bicyclic) bond motifs is 6. The normalized spacial score (nSPS) is 22.9. The van der Waals surface area contributed by atoms with Gasteiger partial charge in [-0.05, 0) is 12.0 Å². The lowest BCUT2D eigenvalue weighted by molar-refractivity contribution is -0.139. The van der Waals surface area contributed by atoms with Crippen LogP contribution in [0.4, 0.5) is 21.6 Å². The number of rotatable bonds is 6. The number of hydrogen-bond donors (Lipinski definition) is 2. The van der Waals surface area contributed by atoms with Gasteiger partial charge in [-0.15, -0.1) is 22.7 Å². The summed E-state index contributed by atoms with van der Waals surface area (Å²) < 4.78 is 0. The predicted molar refractivity (Wildman–Crippen MR) is 149 cm³/mol. The van der Waals surface area contributed by atoms with Crippen molar-refractivity contribution in [3.63, 3.8) is 0 Å². The molecule has 6 heterocycles. The summed E-state index contributed by atoms with van der Waals surface area (Å²) in [5.41, 5.74) is 3.31. The Bertz CT molecular complexity index is 2210. The summed E-state index contributed by atoms with van der Waals surface area (Å²) in [6.07, 6.45) is 7.77. The molecule has 4 unspecified atom stereocenters. The average molecular weight is 583 g/mol. The summed E-state index contributed by atoms with van der Waals surface area (Å²) in [4.78, 5) is 71.1. The molecule has 14 heteroatoms. The number of anilines is 4. The highest BCUT2D eigenvalue weighted by atomic mass is 32.1. The van der Waals surface area contributed by atoms with Gasteiger partial charge in [-0.3, -0.25) is 29.4 Å². The van der Waals surface area contributed by atoms with Crippen molar-refractivity contribution in [2.75, 3.05) is 9.80 Å². The van der Waals surface area contributed by atoms with Gasteiger partial charge in [0.05, 0.1) is 33.5 Å². The van der Waals surface area contributed by atoms with Gasteiger partial charge >= 0.3 is 11.9 Å². The molecule has 0 radical (unpaired) electrons. The molecule has 6 aromatic rings. The molecule has 2 aromatic carbocycles. The van der Waals surface area contributed by atoms with Crippen LogP contribution in [0.15, 0.2) is 44.9 Å². The van der Waals surface area contributed by atoms with E-state index in [-0.39, 0.29) is 22.7 Å². The third-order valence-electron chi connectivity index (χ3n) is 8.30. The van der Waals surface area contributed by atoms with Crippen LogP contribution in [0, 0.1) is 0 Å². The smallest absolute Gasteiger partial charge is 0.333 e. The summed E-state index contributed by atoms with van der Waals surface area (Å²) in [6, 6.07) is -2.11. The first kappa shape index (κ1) is 22.9.